The molecule has 0 aromatic rings. The Morgan fingerprint density at radius 1 is 1.39 bits per heavy atom. The molecule has 0 spiro atoms. The van der Waals surface area contributed by atoms with Gasteiger partial charge in [-0.05, 0) is 13.0 Å². The number of nitrogens with zero attached hydrogens (tertiary/aromatic N) is 3. The first-order valence-electron chi connectivity index (χ1n) is 6.36. The number of hydrogen-bond donors (Lipinski definition) is 1. The van der Waals surface area contributed by atoms with Crippen molar-refractivity contribution >= 4 is 5.91 Å². The van der Waals surface area contributed by atoms with E-state index >= 15 is 0 Å². The highest BCUT2D eigenvalue weighted by atomic mass is 16.2. The Morgan fingerprint density at radius 3 is 2.50 bits per heavy atom. The zero-order chi connectivity index (χ0) is 13.5. The predicted molar refractivity (Wildman–Crippen MR) is 70.6 cm³/mol. The van der Waals surface area contributed by atoms with Crippen LogP contribution in [0.5, 0.6) is 0 Å². The molecule has 18 heavy (non-hydrogen) atoms. The van der Waals surface area contributed by atoms with Crippen molar-refractivity contribution in [2.75, 3.05) is 39.8 Å². The number of nitriles is 1. The molecule has 1 saturated heterocycles. The molecule has 1 N–H and O–H groups in total. The van der Waals surface area contributed by atoms with Gasteiger partial charge in [0.1, 0.15) is 11.6 Å². The molecule has 1 fully saturated rings. The number of carbonyl (C=O) groups is 1. The molecule has 1 aliphatic rings. The SMILES string of the molecule is CC(C)CN/C=C(/C#N)C(=O)N1CCN(C)CC1. The lowest BCUT2D eigenvalue weighted by molar-refractivity contribution is -0.128. The van der Waals surface area contributed by atoms with E-state index in [1.54, 1.807) is 11.1 Å². The van der Waals surface area contributed by atoms with Crippen molar-refractivity contribution in [2.24, 2.45) is 5.92 Å². The summed E-state index contributed by atoms with van der Waals surface area (Å²) < 4.78 is 0. The Hall–Kier alpha value is -1.54. The topological polar surface area (TPSA) is 59.4 Å². The zero-order valence-electron chi connectivity index (χ0n) is 11.4. The summed E-state index contributed by atoms with van der Waals surface area (Å²) in [5, 5.41) is 12.1. The average molecular weight is 250 g/mol. The molecule has 0 bridgehead atoms. The third kappa shape index (κ3) is 4.38. The van der Waals surface area contributed by atoms with Gasteiger partial charge in [0.2, 0.25) is 0 Å². The fraction of sp³-hybridized carbons (Fsp3) is 0.692. The highest BCUT2D eigenvalue weighted by molar-refractivity contribution is 5.97. The van der Waals surface area contributed by atoms with Gasteiger partial charge in [0.15, 0.2) is 0 Å². The van der Waals surface area contributed by atoms with Gasteiger partial charge in [-0.25, -0.2) is 0 Å². The van der Waals surface area contributed by atoms with Crippen molar-refractivity contribution in [2.45, 2.75) is 13.8 Å². The molecule has 0 aromatic heterocycles. The predicted octanol–water partition coefficient (Wildman–Crippen LogP) is 0.413. The second kappa shape index (κ2) is 7.02. The van der Waals surface area contributed by atoms with Gasteiger partial charge in [0, 0.05) is 38.9 Å². The third-order valence-electron chi connectivity index (χ3n) is 2.91. The normalized spacial score (nSPS) is 17.7. The monoisotopic (exact) mass is 250 g/mol. The highest BCUT2D eigenvalue weighted by Crippen LogP contribution is 2.05. The number of likely N-dealkylation sites (N-methyl/N-ethyl adjacent to an activating group) is 1. The summed E-state index contributed by atoms with van der Waals surface area (Å²) in [5.41, 5.74) is 0.195. The van der Waals surface area contributed by atoms with Crippen molar-refractivity contribution in [3.8, 4) is 6.07 Å². The summed E-state index contributed by atoms with van der Waals surface area (Å²) in [6.07, 6.45) is 1.54. The van der Waals surface area contributed by atoms with Gasteiger partial charge in [-0.3, -0.25) is 4.79 Å². The van der Waals surface area contributed by atoms with Gasteiger partial charge >= 0.3 is 0 Å². The van der Waals surface area contributed by atoms with Crippen LogP contribution in [0.1, 0.15) is 13.8 Å². The van der Waals surface area contributed by atoms with E-state index in [1.165, 1.54) is 0 Å². The summed E-state index contributed by atoms with van der Waals surface area (Å²) in [7, 11) is 2.03. The second-order valence-electron chi connectivity index (χ2n) is 5.07. The molecule has 0 radical (unpaired) electrons. The second-order valence-corrected chi connectivity index (χ2v) is 5.07. The van der Waals surface area contributed by atoms with E-state index in [2.05, 4.69) is 24.1 Å². The van der Waals surface area contributed by atoms with E-state index in [0.717, 1.165) is 19.6 Å². The Kier molecular flexibility index (Phi) is 5.66. The molecule has 5 heteroatoms. The Morgan fingerprint density at radius 2 is 2.00 bits per heavy atom. The minimum atomic E-state index is -0.165. The molecule has 1 rings (SSSR count). The van der Waals surface area contributed by atoms with Crippen LogP contribution in [0.4, 0.5) is 0 Å². The Labute approximate surface area is 109 Å². The van der Waals surface area contributed by atoms with E-state index in [0.29, 0.717) is 19.0 Å². The van der Waals surface area contributed by atoms with Gasteiger partial charge in [0.05, 0.1) is 0 Å². The van der Waals surface area contributed by atoms with Crippen LogP contribution in [-0.2, 0) is 4.79 Å². The van der Waals surface area contributed by atoms with E-state index < -0.39 is 0 Å². The van der Waals surface area contributed by atoms with Crippen molar-refractivity contribution in [3.63, 3.8) is 0 Å². The number of piperazine rings is 1. The first-order chi connectivity index (χ1) is 8.54. The average Bonchev–Trinajstić information content (AvgIpc) is 2.34. The summed E-state index contributed by atoms with van der Waals surface area (Å²) in [5.74, 6) is 0.321. The van der Waals surface area contributed by atoms with Gasteiger partial charge < -0.3 is 15.1 Å². The molecule has 1 aliphatic heterocycles. The van der Waals surface area contributed by atoms with E-state index in [9.17, 15) is 4.79 Å². The first-order valence-corrected chi connectivity index (χ1v) is 6.36. The van der Waals surface area contributed by atoms with Gasteiger partial charge in [0.25, 0.3) is 5.91 Å². The summed E-state index contributed by atoms with van der Waals surface area (Å²) in [4.78, 5) is 16.0. The number of amides is 1. The molecule has 1 amide bonds. The fourth-order valence-electron chi connectivity index (χ4n) is 1.72. The maximum atomic E-state index is 12.1. The lowest BCUT2D eigenvalue weighted by atomic mass is 10.2. The van der Waals surface area contributed by atoms with Crippen LogP contribution in [0, 0.1) is 17.2 Å². The summed E-state index contributed by atoms with van der Waals surface area (Å²) in [6, 6.07) is 1.98. The van der Waals surface area contributed by atoms with Gasteiger partial charge in [-0.15, -0.1) is 0 Å². The maximum Gasteiger partial charge on any atom is 0.266 e. The van der Waals surface area contributed by atoms with Crippen molar-refractivity contribution in [1.29, 1.82) is 5.26 Å². The van der Waals surface area contributed by atoms with Gasteiger partial charge in [-0.1, -0.05) is 13.8 Å². The minimum absolute atomic E-state index is 0.165. The van der Waals surface area contributed by atoms with E-state index in [4.69, 9.17) is 5.26 Å². The molecule has 5 nitrogen and oxygen atoms in total. The molecule has 100 valence electrons. The lowest BCUT2D eigenvalue weighted by Gasteiger charge is -2.32. The van der Waals surface area contributed by atoms with E-state index in [-0.39, 0.29) is 11.5 Å². The molecular formula is C13H22N4O. The van der Waals surface area contributed by atoms with Crippen LogP contribution in [0.25, 0.3) is 0 Å². The molecule has 0 aromatic carbocycles. The van der Waals surface area contributed by atoms with Gasteiger partial charge in [-0.2, -0.15) is 5.26 Å². The van der Waals surface area contributed by atoms with Crippen molar-refractivity contribution in [1.82, 2.24) is 15.1 Å². The van der Waals surface area contributed by atoms with Crippen LogP contribution < -0.4 is 5.32 Å². The van der Waals surface area contributed by atoms with Crippen molar-refractivity contribution < 1.29 is 4.79 Å². The maximum absolute atomic E-state index is 12.1. The fourth-order valence-corrected chi connectivity index (χ4v) is 1.72. The molecule has 0 saturated carbocycles. The minimum Gasteiger partial charge on any atom is -0.389 e. The van der Waals surface area contributed by atoms with E-state index in [1.807, 2.05) is 13.1 Å². The van der Waals surface area contributed by atoms with Crippen LogP contribution in [0.3, 0.4) is 0 Å². The molecular weight excluding hydrogens is 228 g/mol. The quantitative estimate of drug-likeness (QED) is 0.580. The lowest BCUT2D eigenvalue weighted by Crippen LogP contribution is -2.47. The Balaban J connectivity index is 2.54. The van der Waals surface area contributed by atoms with Crippen LogP contribution >= 0.6 is 0 Å². The highest BCUT2D eigenvalue weighted by Gasteiger charge is 2.21. The number of hydrogen-bond acceptors (Lipinski definition) is 4. The smallest absolute Gasteiger partial charge is 0.266 e. The number of rotatable bonds is 4. The molecule has 0 unspecified atom stereocenters. The van der Waals surface area contributed by atoms with Crippen LogP contribution in [0.2, 0.25) is 0 Å². The van der Waals surface area contributed by atoms with Crippen LogP contribution in [-0.4, -0.2) is 55.5 Å². The summed E-state index contributed by atoms with van der Waals surface area (Å²) in [6.45, 7) is 8.04. The molecule has 0 atom stereocenters. The largest absolute Gasteiger partial charge is 0.389 e. The zero-order valence-corrected chi connectivity index (χ0v) is 11.4. The molecule has 0 aliphatic carbocycles. The van der Waals surface area contributed by atoms with Crippen LogP contribution in [0.15, 0.2) is 11.8 Å². The van der Waals surface area contributed by atoms with Crippen molar-refractivity contribution in [3.05, 3.63) is 11.8 Å². The number of carbonyl (C=O) groups excluding carboxylic acids is 1. The Bertz CT molecular complexity index is 348. The third-order valence-corrected chi connectivity index (χ3v) is 2.91. The number of nitrogens with one attached hydrogen (secondary N) is 1. The standard InChI is InChI=1S/C13H22N4O/c1-11(2)9-15-10-12(8-14)13(18)17-6-4-16(3)5-7-17/h10-11,15H,4-7,9H2,1-3H3/b12-10-. The summed E-state index contributed by atoms with van der Waals surface area (Å²) >= 11 is 0. The first kappa shape index (κ1) is 14.5. The molecule has 1 heterocycles.